The molecule has 7 heteroatoms. The van der Waals surface area contributed by atoms with Gasteiger partial charge in [-0.05, 0) is 50.1 Å². The zero-order chi connectivity index (χ0) is 16.6. The van der Waals surface area contributed by atoms with Crippen molar-refractivity contribution in [3.63, 3.8) is 0 Å². The Kier molecular flexibility index (Phi) is 3.99. The summed E-state index contributed by atoms with van der Waals surface area (Å²) >= 11 is 1.21. The molecule has 120 valence electrons. The van der Waals surface area contributed by atoms with Crippen LogP contribution in [0.4, 0.5) is 5.69 Å². The third-order valence-electron chi connectivity index (χ3n) is 3.72. The monoisotopic (exact) mass is 347 g/mol. The molecule has 0 saturated heterocycles. The number of aryl methyl sites for hydroxylation is 2. The van der Waals surface area contributed by atoms with E-state index in [4.69, 9.17) is 0 Å². The number of benzene rings is 1. The predicted octanol–water partition coefficient (Wildman–Crippen LogP) is 3.86. The lowest BCUT2D eigenvalue weighted by Gasteiger charge is -2.08. The summed E-state index contributed by atoms with van der Waals surface area (Å²) in [6.45, 7) is 5.78. The number of aromatic nitrogens is 2. The molecule has 1 aromatic carbocycles. The molecule has 0 radical (unpaired) electrons. The van der Waals surface area contributed by atoms with E-state index in [1.165, 1.54) is 11.3 Å². The van der Waals surface area contributed by atoms with Crippen LogP contribution in [0.3, 0.4) is 0 Å². The van der Waals surface area contributed by atoms with Gasteiger partial charge in [-0.15, -0.1) is 11.3 Å². The Morgan fingerprint density at radius 3 is 2.48 bits per heavy atom. The van der Waals surface area contributed by atoms with Crippen LogP contribution in [0.25, 0.3) is 10.6 Å². The van der Waals surface area contributed by atoms with Gasteiger partial charge in [-0.1, -0.05) is 18.2 Å². The Balaban J connectivity index is 1.93. The van der Waals surface area contributed by atoms with E-state index < -0.39 is 10.0 Å². The van der Waals surface area contributed by atoms with Gasteiger partial charge in [0.05, 0.1) is 10.6 Å². The molecule has 0 unspecified atom stereocenters. The van der Waals surface area contributed by atoms with Crippen molar-refractivity contribution >= 4 is 27.0 Å². The van der Waals surface area contributed by atoms with E-state index >= 15 is 0 Å². The van der Waals surface area contributed by atoms with E-state index in [2.05, 4.69) is 14.9 Å². The zero-order valence-electron chi connectivity index (χ0n) is 13.0. The molecular weight excluding hydrogens is 330 g/mol. The quantitative estimate of drug-likeness (QED) is 0.752. The summed E-state index contributed by atoms with van der Waals surface area (Å²) in [5, 5.41) is 7.17. The molecule has 0 amide bonds. The highest BCUT2D eigenvalue weighted by molar-refractivity contribution is 7.94. The smallest absolute Gasteiger partial charge is 0.271 e. The summed E-state index contributed by atoms with van der Waals surface area (Å²) in [5.41, 5.74) is 4.28. The van der Waals surface area contributed by atoms with Crippen molar-refractivity contribution in [2.45, 2.75) is 25.0 Å². The Hall–Kier alpha value is -2.12. The van der Waals surface area contributed by atoms with Crippen LogP contribution >= 0.6 is 11.3 Å². The van der Waals surface area contributed by atoms with Crippen LogP contribution < -0.4 is 4.72 Å². The van der Waals surface area contributed by atoms with Gasteiger partial charge in [0.2, 0.25) is 0 Å². The number of sulfonamides is 1. The molecule has 0 atom stereocenters. The standard InChI is InChI=1S/C16H17N3O2S2/c1-10-6-4-5-7-13(10)19-23(20,21)15-9-8-14(22-15)16-11(2)12(3)17-18-16/h4-9,19H,1-3H3,(H,17,18). The van der Waals surface area contributed by atoms with Crippen LogP contribution in [0.2, 0.25) is 0 Å². The SMILES string of the molecule is Cc1ccccc1NS(=O)(=O)c1ccc(-c2n[nH]c(C)c2C)s1. The molecule has 0 fully saturated rings. The summed E-state index contributed by atoms with van der Waals surface area (Å²) in [4.78, 5) is 0.831. The lowest BCUT2D eigenvalue weighted by Crippen LogP contribution is -2.12. The molecule has 0 bridgehead atoms. The van der Waals surface area contributed by atoms with Crippen molar-refractivity contribution in [2.24, 2.45) is 0 Å². The van der Waals surface area contributed by atoms with Crippen LogP contribution in [0.1, 0.15) is 16.8 Å². The molecule has 3 aromatic rings. The number of nitrogens with zero attached hydrogens (tertiary/aromatic N) is 1. The van der Waals surface area contributed by atoms with Gasteiger partial charge in [0.15, 0.2) is 0 Å². The molecule has 0 spiro atoms. The molecule has 0 aliphatic carbocycles. The fourth-order valence-electron chi connectivity index (χ4n) is 2.20. The van der Waals surface area contributed by atoms with Crippen molar-refractivity contribution in [1.29, 1.82) is 0 Å². The predicted molar refractivity (Wildman–Crippen MR) is 93.4 cm³/mol. The van der Waals surface area contributed by atoms with E-state index in [1.807, 2.05) is 32.9 Å². The first-order valence-electron chi connectivity index (χ1n) is 7.09. The summed E-state index contributed by atoms with van der Waals surface area (Å²) in [5.74, 6) is 0. The molecule has 2 aromatic heterocycles. The van der Waals surface area contributed by atoms with Crippen LogP contribution in [0.5, 0.6) is 0 Å². The number of hydrogen-bond donors (Lipinski definition) is 2. The summed E-state index contributed by atoms with van der Waals surface area (Å²) in [6, 6.07) is 10.7. The molecule has 2 N–H and O–H groups in total. The minimum atomic E-state index is -3.60. The number of rotatable bonds is 4. The van der Waals surface area contributed by atoms with E-state index in [-0.39, 0.29) is 4.21 Å². The second kappa shape index (κ2) is 5.82. The molecule has 0 aliphatic rings. The highest BCUT2D eigenvalue weighted by Gasteiger charge is 2.20. The molecule has 2 heterocycles. The fourth-order valence-corrected chi connectivity index (χ4v) is 4.68. The van der Waals surface area contributed by atoms with Crippen LogP contribution in [0, 0.1) is 20.8 Å². The van der Waals surface area contributed by atoms with Gasteiger partial charge in [-0.3, -0.25) is 9.82 Å². The van der Waals surface area contributed by atoms with Gasteiger partial charge >= 0.3 is 0 Å². The average Bonchev–Trinajstić information content (AvgIpc) is 3.10. The first kappa shape index (κ1) is 15.8. The summed E-state index contributed by atoms with van der Waals surface area (Å²) in [6.07, 6.45) is 0. The zero-order valence-corrected chi connectivity index (χ0v) is 14.7. The minimum Gasteiger partial charge on any atom is -0.282 e. The normalized spacial score (nSPS) is 11.6. The first-order chi connectivity index (χ1) is 10.9. The number of anilines is 1. The Bertz CT molecular complexity index is 955. The lowest BCUT2D eigenvalue weighted by molar-refractivity contribution is 0.603. The van der Waals surface area contributed by atoms with Crippen molar-refractivity contribution in [1.82, 2.24) is 10.2 Å². The number of para-hydroxylation sites is 1. The number of aromatic amines is 1. The number of nitrogens with one attached hydrogen (secondary N) is 2. The van der Waals surface area contributed by atoms with Crippen LogP contribution in [-0.4, -0.2) is 18.6 Å². The highest BCUT2D eigenvalue weighted by Crippen LogP contribution is 2.33. The first-order valence-corrected chi connectivity index (χ1v) is 9.38. The molecule has 23 heavy (non-hydrogen) atoms. The lowest BCUT2D eigenvalue weighted by atomic mass is 10.2. The molecule has 0 aliphatic heterocycles. The maximum atomic E-state index is 12.6. The second-order valence-electron chi connectivity index (χ2n) is 5.36. The van der Waals surface area contributed by atoms with Gasteiger partial charge in [0, 0.05) is 5.69 Å². The van der Waals surface area contributed by atoms with Crippen molar-refractivity contribution in [3.8, 4) is 10.6 Å². The van der Waals surface area contributed by atoms with E-state index in [0.29, 0.717) is 5.69 Å². The third-order valence-corrected chi connectivity index (χ3v) is 6.67. The maximum Gasteiger partial charge on any atom is 0.271 e. The molecule has 0 saturated carbocycles. The number of hydrogen-bond acceptors (Lipinski definition) is 4. The van der Waals surface area contributed by atoms with E-state index in [1.54, 1.807) is 24.3 Å². The van der Waals surface area contributed by atoms with E-state index in [0.717, 1.165) is 27.4 Å². The second-order valence-corrected chi connectivity index (χ2v) is 8.35. The van der Waals surface area contributed by atoms with Crippen molar-refractivity contribution < 1.29 is 8.42 Å². The van der Waals surface area contributed by atoms with Gasteiger partial charge < -0.3 is 0 Å². The minimum absolute atomic E-state index is 0.274. The Morgan fingerprint density at radius 2 is 1.83 bits per heavy atom. The molecular formula is C16H17N3O2S2. The van der Waals surface area contributed by atoms with E-state index in [9.17, 15) is 8.42 Å². The Morgan fingerprint density at radius 1 is 1.09 bits per heavy atom. The summed E-state index contributed by atoms with van der Waals surface area (Å²) in [7, 11) is -3.60. The van der Waals surface area contributed by atoms with Gasteiger partial charge in [0.1, 0.15) is 9.90 Å². The summed E-state index contributed by atoms with van der Waals surface area (Å²) < 4.78 is 28.0. The highest BCUT2D eigenvalue weighted by atomic mass is 32.2. The van der Waals surface area contributed by atoms with Crippen molar-refractivity contribution in [2.75, 3.05) is 4.72 Å². The van der Waals surface area contributed by atoms with Gasteiger partial charge in [-0.2, -0.15) is 5.10 Å². The Labute approximate surface area is 139 Å². The molecule has 5 nitrogen and oxygen atoms in total. The number of thiophene rings is 1. The fraction of sp³-hybridized carbons (Fsp3) is 0.188. The van der Waals surface area contributed by atoms with Crippen LogP contribution in [-0.2, 0) is 10.0 Å². The average molecular weight is 347 g/mol. The van der Waals surface area contributed by atoms with Gasteiger partial charge in [0.25, 0.3) is 10.0 Å². The van der Waals surface area contributed by atoms with Crippen LogP contribution in [0.15, 0.2) is 40.6 Å². The largest absolute Gasteiger partial charge is 0.282 e. The number of H-pyrrole nitrogens is 1. The third kappa shape index (κ3) is 3.02. The maximum absolute atomic E-state index is 12.6. The van der Waals surface area contributed by atoms with Gasteiger partial charge in [-0.25, -0.2) is 8.42 Å². The topological polar surface area (TPSA) is 74.8 Å². The van der Waals surface area contributed by atoms with Crippen molar-refractivity contribution in [3.05, 3.63) is 53.2 Å². The molecule has 3 rings (SSSR count).